The molecule has 1 aromatic rings. The molecular formula is C18H30FN3O. The van der Waals surface area contributed by atoms with E-state index in [1.807, 2.05) is 0 Å². The summed E-state index contributed by atoms with van der Waals surface area (Å²) >= 11 is 0. The molecule has 130 valence electrons. The minimum atomic E-state index is -0.608. The highest BCUT2D eigenvalue weighted by atomic mass is 19.1. The monoisotopic (exact) mass is 323 g/mol. The fourth-order valence-corrected chi connectivity index (χ4v) is 3.53. The van der Waals surface area contributed by atoms with E-state index in [1.165, 1.54) is 0 Å². The van der Waals surface area contributed by atoms with Gasteiger partial charge in [-0.25, -0.2) is 4.39 Å². The standard InChI is InChI=1S/C18H30FN3O/c1-15(2)22-11-9-21(10-12-22)14-18-4-3-17(23-18)13-20-7-5-16(19)6-8-20/h3-4,15-16H,5-14H2,1-2H3. The van der Waals surface area contributed by atoms with Crippen molar-refractivity contribution in [1.82, 2.24) is 14.7 Å². The number of piperidine rings is 1. The summed E-state index contributed by atoms with van der Waals surface area (Å²) < 4.78 is 19.2. The Morgan fingerprint density at radius 2 is 1.48 bits per heavy atom. The Kier molecular flexibility index (Phi) is 5.72. The second-order valence-electron chi connectivity index (χ2n) is 7.22. The van der Waals surface area contributed by atoms with Crippen LogP contribution in [0.1, 0.15) is 38.2 Å². The van der Waals surface area contributed by atoms with Crippen molar-refractivity contribution in [2.24, 2.45) is 0 Å². The molecule has 4 nitrogen and oxygen atoms in total. The summed E-state index contributed by atoms with van der Waals surface area (Å²) in [5.41, 5.74) is 0. The minimum Gasteiger partial charge on any atom is -0.463 e. The van der Waals surface area contributed by atoms with E-state index in [1.54, 1.807) is 0 Å². The van der Waals surface area contributed by atoms with Gasteiger partial charge in [0.25, 0.3) is 0 Å². The first-order valence-corrected chi connectivity index (χ1v) is 9.00. The van der Waals surface area contributed by atoms with Crippen LogP contribution in [-0.2, 0) is 13.1 Å². The summed E-state index contributed by atoms with van der Waals surface area (Å²) in [6, 6.07) is 4.83. The molecule has 5 heteroatoms. The van der Waals surface area contributed by atoms with E-state index < -0.39 is 6.17 Å². The van der Waals surface area contributed by atoms with E-state index >= 15 is 0 Å². The van der Waals surface area contributed by atoms with Gasteiger partial charge < -0.3 is 4.42 Å². The van der Waals surface area contributed by atoms with Crippen molar-refractivity contribution < 1.29 is 8.81 Å². The quantitative estimate of drug-likeness (QED) is 0.831. The van der Waals surface area contributed by atoms with E-state index in [0.29, 0.717) is 18.9 Å². The Balaban J connectivity index is 1.44. The Morgan fingerprint density at radius 1 is 0.957 bits per heavy atom. The Hall–Kier alpha value is -0.910. The summed E-state index contributed by atoms with van der Waals surface area (Å²) in [5.74, 6) is 2.07. The fourth-order valence-electron chi connectivity index (χ4n) is 3.53. The third-order valence-electron chi connectivity index (χ3n) is 5.13. The zero-order chi connectivity index (χ0) is 16.2. The number of hydrogen-bond donors (Lipinski definition) is 0. The van der Waals surface area contributed by atoms with Crippen molar-refractivity contribution >= 4 is 0 Å². The molecule has 2 aliphatic rings. The number of rotatable bonds is 5. The smallest absolute Gasteiger partial charge is 0.118 e. The normalized spacial score (nSPS) is 23.0. The average molecular weight is 323 g/mol. The van der Waals surface area contributed by atoms with Crippen LogP contribution in [-0.4, -0.2) is 66.2 Å². The van der Waals surface area contributed by atoms with Gasteiger partial charge in [0.1, 0.15) is 17.7 Å². The lowest BCUT2D eigenvalue weighted by molar-refractivity contribution is 0.0976. The average Bonchev–Trinajstić information content (AvgIpc) is 2.97. The molecule has 0 unspecified atom stereocenters. The molecule has 23 heavy (non-hydrogen) atoms. The van der Waals surface area contributed by atoms with Crippen LogP contribution in [0.25, 0.3) is 0 Å². The molecule has 0 spiro atoms. The Morgan fingerprint density at radius 3 is 2.00 bits per heavy atom. The zero-order valence-corrected chi connectivity index (χ0v) is 14.5. The van der Waals surface area contributed by atoms with Crippen LogP contribution < -0.4 is 0 Å². The Labute approximate surface area is 139 Å². The highest BCUT2D eigenvalue weighted by molar-refractivity contribution is 5.07. The van der Waals surface area contributed by atoms with Crippen LogP contribution in [0.4, 0.5) is 4.39 Å². The van der Waals surface area contributed by atoms with Gasteiger partial charge in [-0.3, -0.25) is 14.7 Å². The summed E-state index contributed by atoms with van der Waals surface area (Å²) in [6.45, 7) is 12.4. The molecule has 2 aliphatic heterocycles. The third kappa shape index (κ3) is 4.78. The maximum atomic E-state index is 13.2. The van der Waals surface area contributed by atoms with E-state index in [9.17, 15) is 4.39 Å². The molecule has 3 heterocycles. The number of furan rings is 1. The second kappa shape index (κ2) is 7.77. The highest BCUT2D eigenvalue weighted by Crippen LogP contribution is 2.18. The van der Waals surface area contributed by atoms with Gasteiger partial charge >= 0.3 is 0 Å². The van der Waals surface area contributed by atoms with Crippen molar-refractivity contribution in [1.29, 1.82) is 0 Å². The summed E-state index contributed by atoms with van der Waals surface area (Å²) in [5, 5.41) is 0. The number of nitrogens with zero attached hydrogens (tertiary/aromatic N) is 3. The van der Waals surface area contributed by atoms with Crippen LogP contribution in [0, 0.1) is 0 Å². The van der Waals surface area contributed by atoms with Gasteiger partial charge in [0, 0.05) is 45.3 Å². The molecule has 0 bridgehead atoms. The predicted molar refractivity (Wildman–Crippen MR) is 90.1 cm³/mol. The molecule has 0 aromatic carbocycles. The molecule has 0 saturated carbocycles. The van der Waals surface area contributed by atoms with Gasteiger partial charge in [-0.1, -0.05) is 0 Å². The van der Waals surface area contributed by atoms with Gasteiger partial charge in [0.15, 0.2) is 0 Å². The first-order chi connectivity index (χ1) is 11.1. The van der Waals surface area contributed by atoms with Gasteiger partial charge in [-0.05, 0) is 38.8 Å². The maximum Gasteiger partial charge on any atom is 0.118 e. The van der Waals surface area contributed by atoms with Crippen LogP contribution in [0.3, 0.4) is 0 Å². The van der Waals surface area contributed by atoms with Crippen LogP contribution in [0.5, 0.6) is 0 Å². The largest absolute Gasteiger partial charge is 0.463 e. The van der Waals surface area contributed by atoms with Crippen molar-refractivity contribution in [2.75, 3.05) is 39.3 Å². The SMILES string of the molecule is CC(C)N1CCN(Cc2ccc(CN3CCC(F)CC3)o2)CC1. The molecule has 0 N–H and O–H groups in total. The second-order valence-corrected chi connectivity index (χ2v) is 7.22. The van der Waals surface area contributed by atoms with Crippen LogP contribution >= 0.6 is 0 Å². The van der Waals surface area contributed by atoms with Crippen molar-refractivity contribution in [2.45, 2.75) is 52.0 Å². The molecule has 0 aliphatic carbocycles. The molecule has 0 amide bonds. The van der Waals surface area contributed by atoms with E-state index in [2.05, 4.69) is 40.7 Å². The molecule has 3 rings (SSSR count). The predicted octanol–water partition coefficient (Wildman–Crippen LogP) is 2.74. The van der Waals surface area contributed by atoms with Crippen molar-refractivity contribution in [3.8, 4) is 0 Å². The van der Waals surface area contributed by atoms with Crippen molar-refractivity contribution in [3.63, 3.8) is 0 Å². The first-order valence-electron chi connectivity index (χ1n) is 9.00. The van der Waals surface area contributed by atoms with Gasteiger partial charge in [0.2, 0.25) is 0 Å². The molecular weight excluding hydrogens is 293 g/mol. The Bertz CT molecular complexity index is 474. The number of hydrogen-bond acceptors (Lipinski definition) is 4. The third-order valence-corrected chi connectivity index (χ3v) is 5.13. The van der Waals surface area contributed by atoms with Crippen LogP contribution in [0.15, 0.2) is 16.5 Å². The highest BCUT2D eigenvalue weighted by Gasteiger charge is 2.21. The number of halogens is 1. The van der Waals surface area contributed by atoms with Gasteiger partial charge in [0.05, 0.1) is 13.1 Å². The lowest BCUT2D eigenvalue weighted by Crippen LogP contribution is -2.48. The van der Waals surface area contributed by atoms with Gasteiger partial charge in [-0.2, -0.15) is 0 Å². The van der Waals surface area contributed by atoms with Gasteiger partial charge in [-0.15, -0.1) is 0 Å². The topological polar surface area (TPSA) is 22.9 Å². The first kappa shape index (κ1) is 16.9. The van der Waals surface area contributed by atoms with Crippen LogP contribution in [0.2, 0.25) is 0 Å². The summed E-state index contributed by atoms with van der Waals surface area (Å²) in [4.78, 5) is 7.29. The van der Waals surface area contributed by atoms with E-state index in [4.69, 9.17) is 4.42 Å². The lowest BCUT2D eigenvalue weighted by atomic mass is 10.1. The minimum absolute atomic E-state index is 0.608. The molecule has 0 atom stereocenters. The molecule has 2 fully saturated rings. The van der Waals surface area contributed by atoms with Crippen molar-refractivity contribution in [3.05, 3.63) is 23.7 Å². The van der Waals surface area contributed by atoms with E-state index in [0.717, 1.165) is 63.9 Å². The zero-order valence-electron chi connectivity index (χ0n) is 14.5. The summed E-state index contributed by atoms with van der Waals surface area (Å²) in [6.07, 6.45) is 0.712. The summed E-state index contributed by atoms with van der Waals surface area (Å²) in [7, 11) is 0. The number of likely N-dealkylation sites (tertiary alicyclic amines) is 1. The number of piperazine rings is 1. The van der Waals surface area contributed by atoms with E-state index in [-0.39, 0.29) is 0 Å². The molecule has 2 saturated heterocycles. The molecule has 0 radical (unpaired) electrons. The fraction of sp³-hybridized carbons (Fsp3) is 0.778. The maximum absolute atomic E-state index is 13.2. The number of alkyl halides is 1. The molecule has 1 aromatic heterocycles. The lowest BCUT2D eigenvalue weighted by Gasteiger charge is -2.36.